The van der Waals surface area contributed by atoms with Gasteiger partial charge in [-0.1, -0.05) is 115 Å². The lowest BCUT2D eigenvalue weighted by Gasteiger charge is -2.18. The number of benzene rings is 7. The Balaban J connectivity index is 1.03. The Morgan fingerprint density at radius 3 is 1.98 bits per heavy atom. The third kappa shape index (κ3) is 3.85. The van der Waals surface area contributed by atoms with Crippen LogP contribution in [0.25, 0.3) is 95.6 Å². The molecule has 1 aliphatic heterocycles. The number of aromatic nitrogens is 4. The molecular weight excluding hydrogens is 637 g/mol. The fourth-order valence-electron chi connectivity index (χ4n) is 8.76. The molecule has 1 atom stereocenters. The van der Waals surface area contributed by atoms with Gasteiger partial charge in [-0.2, -0.15) is 0 Å². The number of hydrogen-bond donors (Lipinski definition) is 0. The summed E-state index contributed by atoms with van der Waals surface area (Å²) in [5.41, 5.74) is 11.4. The Morgan fingerprint density at radius 2 is 1.21 bits per heavy atom. The van der Waals surface area contributed by atoms with Gasteiger partial charge in [0.2, 0.25) is 0 Å². The van der Waals surface area contributed by atoms with Crippen LogP contribution in [0.4, 0.5) is 0 Å². The van der Waals surface area contributed by atoms with E-state index in [9.17, 15) is 0 Å². The van der Waals surface area contributed by atoms with E-state index in [1.54, 1.807) is 0 Å². The van der Waals surface area contributed by atoms with Crippen LogP contribution < -0.4 is 10.1 Å². The van der Waals surface area contributed by atoms with E-state index in [4.69, 9.17) is 19.7 Å². The summed E-state index contributed by atoms with van der Waals surface area (Å²) in [5, 5.41) is 7.95. The first-order valence-corrected chi connectivity index (χ1v) is 17.8. The molecule has 0 amide bonds. The second-order valence-electron chi connectivity index (χ2n) is 13.9. The lowest BCUT2D eigenvalue weighted by Crippen LogP contribution is -2.17. The molecule has 12 rings (SSSR count). The maximum Gasteiger partial charge on any atom is 0.164 e. The lowest BCUT2D eigenvalue weighted by molar-refractivity contribution is 0.277. The predicted octanol–water partition coefficient (Wildman–Crippen LogP) is 10.3. The van der Waals surface area contributed by atoms with Crippen LogP contribution in [0.1, 0.15) is 22.8 Å². The van der Waals surface area contributed by atoms with E-state index < -0.39 is 0 Å². The van der Waals surface area contributed by atoms with Crippen molar-refractivity contribution in [3.63, 3.8) is 0 Å². The predicted molar refractivity (Wildman–Crippen MR) is 209 cm³/mol. The van der Waals surface area contributed by atoms with Crippen molar-refractivity contribution in [2.45, 2.75) is 12.5 Å². The zero-order valence-corrected chi connectivity index (χ0v) is 27.9. The van der Waals surface area contributed by atoms with Gasteiger partial charge in [-0.15, -0.1) is 0 Å². The van der Waals surface area contributed by atoms with E-state index in [0.29, 0.717) is 17.5 Å². The molecular formula is C47H28N4O. The summed E-state index contributed by atoms with van der Waals surface area (Å²) in [6.07, 6.45) is 7.73. The lowest BCUT2D eigenvalue weighted by atomic mass is 9.84. The van der Waals surface area contributed by atoms with Gasteiger partial charge >= 0.3 is 0 Å². The van der Waals surface area contributed by atoms with Gasteiger partial charge in [0.15, 0.2) is 17.5 Å². The third-order valence-electron chi connectivity index (χ3n) is 11.0. The van der Waals surface area contributed by atoms with Crippen molar-refractivity contribution in [2.24, 2.45) is 0 Å². The Bertz CT molecular complexity index is 3010. The number of hydrogen-bond acceptors (Lipinski definition) is 4. The molecule has 0 saturated carbocycles. The Kier molecular flexibility index (Phi) is 5.55. The summed E-state index contributed by atoms with van der Waals surface area (Å²) in [4.78, 5) is 14.9. The van der Waals surface area contributed by atoms with Crippen LogP contribution in [0.15, 0.2) is 140 Å². The molecule has 5 nitrogen and oxygen atoms in total. The van der Waals surface area contributed by atoms with Gasteiger partial charge in [0.25, 0.3) is 0 Å². The molecule has 2 aliphatic carbocycles. The topological polar surface area (TPSA) is 52.8 Å². The standard InChI is InChI=1S/C47H28N4O/c1-3-9-29(10-4-1)45-48-46(30-11-5-2-6-12-30)50-47(49-45)33-15-7-13-31(25-33)32-14-8-16-34(26-32)51-35-21-17-27-19-23-37-43-39(27)41(35)42-36(51)22-18-28-20-24-38(52-37)44(43)40(28)42/h1-17,19-26,37H,18H2. The van der Waals surface area contributed by atoms with Gasteiger partial charge in [0, 0.05) is 44.1 Å². The first-order valence-electron chi connectivity index (χ1n) is 17.8. The molecule has 52 heavy (non-hydrogen) atoms. The number of rotatable bonds is 5. The van der Waals surface area contributed by atoms with Gasteiger partial charge in [0.05, 0.1) is 10.9 Å². The van der Waals surface area contributed by atoms with E-state index in [1.165, 1.54) is 54.5 Å². The van der Waals surface area contributed by atoms with E-state index in [-0.39, 0.29) is 6.10 Å². The number of ether oxygens (including phenoxy) is 1. The molecule has 1 unspecified atom stereocenters. The molecule has 7 aromatic carbocycles. The normalized spacial score (nSPS) is 14.9. The van der Waals surface area contributed by atoms with Crippen molar-refractivity contribution in [2.75, 3.05) is 0 Å². The van der Waals surface area contributed by atoms with Crippen LogP contribution in [0.2, 0.25) is 0 Å². The van der Waals surface area contributed by atoms with Crippen LogP contribution in [0, 0.1) is 0 Å². The molecule has 0 N–H and O–H groups in total. The largest absolute Gasteiger partial charge is 0.481 e. The highest BCUT2D eigenvalue weighted by Gasteiger charge is 2.34. The smallest absolute Gasteiger partial charge is 0.164 e. The molecule has 5 heteroatoms. The highest BCUT2D eigenvalue weighted by Crippen LogP contribution is 2.53. The maximum absolute atomic E-state index is 6.50. The van der Waals surface area contributed by atoms with Crippen molar-refractivity contribution in [3.05, 3.63) is 162 Å². The van der Waals surface area contributed by atoms with Crippen LogP contribution in [0.5, 0.6) is 5.75 Å². The second-order valence-corrected chi connectivity index (χ2v) is 13.9. The molecule has 0 bridgehead atoms. The van der Waals surface area contributed by atoms with Crippen molar-refractivity contribution in [1.29, 1.82) is 0 Å². The minimum absolute atomic E-state index is 0.0296. The fraction of sp³-hybridized carbons (Fsp3) is 0.0426. The van der Waals surface area contributed by atoms with Gasteiger partial charge in [-0.05, 0) is 75.9 Å². The summed E-state index contributed by atoms with van der Waals surface area (Å²) in [6.45, 7) is 0. The minimum Gasteiger partial charge on any atom is -0.481 e. The Labute approximate surface area is 298 Å². The molecule has 0 fully saturated rings. The van der Waals surface area contributed by atoms with Crippen molar-refractivity contribution >= 4 is 44.6 Å². The molecule has 3 aliphatic rings. The van der Waals surface area contributed by atoms with E-state index >= 15 is 0 Å². The summed E-state index contributed by atoms with van der Waals surface area (Å²) >= 11 is 0. The van der Waals surface area contributed by atoms with Crippen LogP contribution in [-0.4, -0.2) is 19.5 Å². The van der Waals surface area contributed by atoms with Gasteiger partial charge in [-0.3, -0.25) is 0 Å². The van der Waals surface area contributed by atoms with E-state index in [1.807, 2.05) is 60.7 Å². The minimum atomic E-state index is -0.0296. The first kappa shape index (κ1) is 27.9. The Morgan fingerprint density at radius 1 is 0.538 bits per heavy atom. The third-order valence-corrected chi connectivity index (χ3v) is 11.0. The van der Waals surface area contributed by atoms with Crippen LogP contribution in [0.3, 0.4) is 0 Å². The average Bonchev–Trinajstić information content (AvgIpc) is 3.78. The van der Waals surface area contributed by atoms with Gasteiger partial charge in [-0.25, -0.2) is 15.0 Å². The van der Waals surface area contributed by atoms with Crippen molar-refractivity contribution in [1.82, 2.24) is 19.5 Å². The van der Waals surface area contributed by atoms with Crippen molar-refractivity contribution < 1.29 is 4.74 Å². The zero-order chi connectivity index (χ0) is 33.9. The highest BCUT2D eigenvalue weighted by atomic mass is 16.5. The van der Waals surface area contributed by atoms with Gasteiger partial charge in [0.1, 0.15) is 11.9 Å². The maximum atomic E-state index is 6.50. The fourth-order valence-corrected chi connectivity index (χ4v) is 8.76. The average molecular weight is 665 g/mol. The molecule has 3 heterocycles. The van der Waals surface area contributed by atoms with Crippen molar-refractivity contribution in [3.8, 4) is 56.7 Å². The quantitative estimate of drug-likeness (QED) is 0.172. The van der Waals surface area contributed by atoms with Gasteiger partial charge < -0.3 is 9.30 Å². The second kappa shape index (κ2) is 10.3. The summed E-state index contributed by atoms with van der Waals surface area (Å²) in [5.74, 6) is 2.96. The molecule has 0 radical (unpaired) electrons. The number of nitrogens with zero attached hydrogens (tertiary/aromatic N) is 4. The molecule has 242 valence electrons. The first-order chi connectivity index (χ1) is 25.8. The van der Waals surface area contributed by atoms with E-state index in [2.05, 4.69) is 95.6 Å². The molecule has 0 spiro atoms. The van der Waals surface area contributed by atoms with Crippen LogP contribution >= 0.6 is 0 Å². The molecule has 2 aromatic heterocycles. The summed E-state index contributed by atoms with van der Waals surface area (Å²) in [7, 11) is 0. The van der Waals surface area contributed by atoms with E-state index in [0.717, 1.165) is 45.7 Å². The zero-order valence-electron chi connectivity index (χ0n) is 27.9. The monoisotopic (exact) mass is 664 g/mol. The highest BCUT2D eigenvalue weighted by molar-refractivity contribution is 6.28. The molecule has 0 saturated heterocycles. The van der Waals surface area contributed by atoms with Crippen LogP contribution in [-0.2, 0) is 6.42 Å². The summed E-state index contributed by atoms with van der Waals surface area (Å²) < 4.78 is 8.97. The molecule has 9 aromatic rings. The summed E-state index contributed by atoms with van der Waals surface area (Å²) in [6, 6.07) is 46.7. The Hall–Kier alpha value is -6.85. The SMILES string of the molecule is C1=CC2Oc3ccc4c5c3c2c2c1ccc1c2c5c(n1-c1cccc(-c2cccc(-c3nc(-c5ccccc5)nc(-c5ccccc5)n3)c2)c1)=CC4.